The Balaban J connectivity index is 2.30. The van der Waals surface area contributed by atoms with E-state index in [1.54, 1.807) is 25.3 Å². The van der Waals surface area contributed by atoms with Crippen LogP contribution in [0.5, 0.6) is 0 Å². The molecule has 0 aromatic heterocycles. The predicted molar refractivity (Wildman–Crippen MR) is 76.1 cm³/mol. The molecule has 0 bridgehead atoms. The van der Waals surface area contributed by atoms with Gasteiger partial charge in [-0.25, -0.2) is 4.39 Å². The summed E-state index contributed by atoms with van der Waals surface area (Å²) in [6, 6.07) is 6.45. The lowest BCUT2D eigenvalue weighted by atomic mass is 10.1. The Morgan fingerprint density at radius 2 is 1.95 bits per heavy atom. The number of ether oxygens (including phenoxy) is 2. The van der Waals surface area contributed by atoms with Crippen molar-refractivity contribution in [1.82, 2.24) is 5.32 Å². The summed E-state index contributed by atoms with van der Waals surface area (Å²) in [4.78, 5) is 0. The fourth-order valence-corrected chi connectivity index (χ4v) is 1.87. The monoisotopic (exact) mass is 285 g/mol. The largest absolute Gasteiger partial charge is 0.389 e. The van der Waals surface area contributed by atoms with Crippen LogP contribution in [0.4, 0.5) is 4.39 Å². The van der Waals surface area contributed by atoms with Gasteiger partial charge in [0.2, 0.25) is 0 Å². The highest BCUT2D eigenvalue weighted by Crippen LogP contribution is 2.15. The first kappa shape index (κ1) is 17.0. The molecule has 0 aliphatic rings. The average molecular weight is 285 g/mol. The Morgan fingerprint density at radius 1 is 1.25 bits per heavy atom. The summed E-state index contributed by atoms with van der Waals surface area (Å²) in [5.74, 6) is -0.244. The van der Waals surface area contributed by atoms with Crippen molar-refractivity contribution in [3.05, 3.63) is 35.6 Å². The van der Waals surface area contributed by atoms with Gasteiger partial charge in [-0.1, -0.05) is 18.2 Å². The molecule has 0 spiro atoms. The summed E-state index contributed by atoms with van der Waals surface area (Å²) in [7, 11) is 1.61. The van der Waals surface area contributed by atoms with E-state index in [2.05, 4.69) is 5.32 Å². The molecule has 4 nitrogen and oxygen atoms in total. The first-order valence-electron chi connectivity index (χ1n) is 6.81. The number of aliphatic hydroxyl groups excluding tert-OH is 1. The third-order valence-corrected chi connectivity index (χ3v) is 3.01. The molecule has 114 valence electrons. The van der Waals surface area contributed by atoms with Gasteiger partial charge in [-0.15, -0.1) is 0 Å². The molecular formula is C15H24FNO3. The van der Waals surface area contributed by atoms with Crippen LogP contribution in [-0.2, 0) is 9.47 Å². The van der Waals surface area contributed by atoms with Gasteiger partial charge in [-0.3, -0.25) is 0 Å². The van der Waals surface area contributed by atoms with Gasteiger partial charge in [-0.05, 0) is 19.9 Å². The molecule has 1 aromatic carbocycles. The molecular weight excluding hydrogens is 261 g/mol. The van der Waals surface area contributed by atoms with Crippen LogP contribution in [-0.4, -0.2) is 44.2 Å². The number of hydrogen-bond donors (Lipinski definition) is 2. The minimum Gasteiger partial charge on any atom is -0.389 e. The average Bonchev–Trinajstić information content (AvgIpc) is 2.43. The summed E-state index contributed by atoms with van der Waals surface area (Å²) >= 11 is 0. The van der Waals surface area contributed by atoms with Crippen LogP contribution >= 0.6 is 0 Å². The van der Waals surface area contributed by atoms with Gasteiger partial charge in [0, 0.05) is 25.3 Å². The summed E-state index contributed by atoms with van der Waals surface area (Å²) in [5.41, 5.74) is 0.591. The first-order chi connectivity index (χ1) is 9.54. The molecule has 2 unspecified atom stereocenters. The second-order valence-electron chi connectivity index (χ2n) is 4.90. The zero-order chi connectivity index (χ0) is 15.0. The van der Waals surface area contributed by atoms with Crippen LogP contribution in [0.2, 0.25) is 0 Å². The summed E-state index contributed by atoms with van der Waals surface area (Å²) in [6.45, 7) is 4.80. The van der Waals surface area contributed by atoms with E-state index in [0.29, 0.717) is 18.7 Å². The number of halogens is 1. The van der Waals surface area contributed by atoms with Crippen molar-refractivity contribution in [2.75, 3.05) is 26.9 Å². The Hall–Kier alpha value is -1.01. The first-order valence-corrected chi connectivity index (χ1v) is 6.81. The highest BCUT2D eigenvalue weighted by molar-refractivity contribution is 5.20. The van der Waals surface area contributed by atoms with Crippen molar-refractivity contribution in [2.24, 2.45) is 0 Å². The number of benzene rings is 1. The van der Waals surface area contributed by atoms with Gasteiger partial charge >= 0.3 is 0 Å². The standard InChI is InChI=1S/C15H24FNO3/c1-11(9-19-3)20-10-13(18)8-17-12(2)14-6-4-5-7-15(14)16/h4-7,11-13,17-18H,8-10H2,1-3H3/t11?,12-,13?/m1/s1. The van der Waals surface area contributed by atoms with Gasteiger partial charge in [0.25, 0.3) is 0 Å². The molecule has 0 saturated heterocycles. The van der Waals surface area contributed by atoms with Gasteiger partial charge in [0.05, 0.1) is 25.4 Å². The molecule has 0 heterocycles. The number of methoxy groups -OCH3 is 1. The lowest BCUT2D eigenvalue weighted by Crippen LogP contribution is -2.33. The van der Waals surface area contributed by atoms with Crippen molar-refractivity contribution in [3.63, 3.8) is 0 Å². The molecule has 1 aromatic rings. The fraction of sp³-hybridized carbons (Fsp3) is 0.600. The van der Waals surface area contributed by atoms with Crippen molar-refractivity contribution in [2.45, 2.75) is 32.1 Å². The smallest absolute Gasteiger partial charge is 0.127 e. The van der Waals surface area contributed by atoms with E-state index >= 15 is 0 Å². The minimum atomic E-state index is -0.636. The SMILES string of the molecule is COCC(C)OCC(O)CN[C@H](C)c1ccccc1F. The molecule has 3 atom stereocenters. The number of hydrogen-bond acceptors (Lipinski definition) is 4. The maximum atomic E-state index is 13.6. The summed E-state index contributed by atoms with van der Waals surface area (Å²) in [5, 5.41) is 12.9. The van der Waals surface area contributed by atoms with Gasteiger partial charge in [-0.2, -0.15) is 0 Å². The number of nitrogens with one attached hydrogen (secondary N) is 1. The Bertz CT molecular complexity index is 389. The quantitative estimate of drug-likeness (QED) is 0.727. The highest BCUT2D eigenvalue weighted by Gasteiger charge is 2.13. The molecule has 1 rings (SSSR count). The Morgan fingerprint density at radius 3 is 2.60 bits per heavy atom. The van der Waals surface area contributed by atoms with Crippen LogP contribution < -0.4 is 5.32 Å². The maximum Gasteiger partial charge on any atom is 0.127 e. The van der Waals surface area contributed by atoms with Crippen LogP contribution in [0.1, 0.15) is 25.5 Å². The zero-order valence-corrected chi connectivity index (χ0v) is 12.3. The lowest BCUT2D eigenvalue weighted by Gasteiger charge is -2.19. The Kier molecular flexibility index (Phi) is 7.69. The third kappa shape index (κ3) is 5.96. The fourth-order valence-electron chi connectivity index (χ4n) is 1.87. The van der Waals surface area contributed by atoms with E-state index < -0.39 is 6.10 Å². The van der Waals surface area contributed by atoms with E-state index in [1.165, 1.54) is 6.07 Å². The van der Waals surface area contributed by atoms with Gasteiger partial charge in [0.15, 0.2) is 0 Å². The van der Waals surface area contributed by atoms with E-state index in [-0.39, 0.29) is 24.6 Å². The summed E-state index contributed by atoms with van der Waals surface area (Å²) in [6.07, 6.45) is -0.692. The van der Waals surface area contributed by atoms with Crippen molar-refractivity contribution in [1.29, 1.82) is 0 Å². The second kappa shape index (κ2) is 9.02. The van der Waals surface area contributed by atoms with Crippen LogP contribution in [0.25, 0.3) is 0 Å². The van der Waals surface area contributed by atoms with Crippen molar-refractivity contribution >= 4 is 0 Å². The molecule has 0 amide bonds. The van der Waals surface area contributed by atoms with Crippen LogP contribution in [0.15, 0.2) is 24.3 Å². The molecule has 0 saturated carbocycles. The molecule has 0 aliphatic heterocycles. The maximum absolute atomic E-state index is 13.6. The normalized spacial score (nSPS) is 15.8. The molecule has 0 fully saturated rings. The van der Waals surface area contributed by atoms with Crippen LogP contribution in [0, 0.1) is 5.82 Å². The topological polar surface area (TPSA) is 50.7 Å². The summed E-state index contributed by atoms with van der Waals surface area (Å²) < 4.78 is 23.9. The Labute approximate surface area is 119 Å². The lowest BCUT2D eigenvalue weighted by molar-refractivity contribution is -0.0315. The van der Waals surface area contributed by atoms with Crippen LogP contribution in [0.3, 0.4) is 0 Å². The van der Waals surface area contributed by atoms with Crippen molar-refractivity contribution in [3.8, 4) is 0 Å². The van der Waals surface area contributed by atoms with E-state index in [1.807, 2.05) is 13.8 Å². The molecule has 20 heavy (non-hydrogen) atoms. The number of rotatable bonds is 9. The van der Waals surface area contributed by atoms with Gasteiger partial charge < -0.3 is 19.9 Å². The number of aliphatic hydroxyl groups is 1. The molecule has 5 heteroatoms. The molecule has 2 N–H and O–H groups in total. The minimum absolute atomic E-state index is 0.0568. The molecule has 0 radical (unpaired) electrons. The zero-order valence-electron chi connectivity index (χ0n) is 12.3. The van der Waals surface area contributed by atoms with Gasteiger partial charge in [0.1, 0.15) is 5.82 Å². The van der Waals surface area contributed by atoms with Crippen molar-refractivity contribution < 1.29 is 19.0 Å². The van der Waals surface area contributed by atoms with E-state index in [4.69, 9.17) is 9.47 Å². The third-order valence-electron chi connectivity index (χ3n) is 3.01. The predicted octanol–water partition coefficient (Wildman–Crippen LogP) is 1.89. The van der Waals surface area contributed by atoms with E-state index in [0.717, 1.165) is 0 Å². The highest BCUT2D eigenvalue weighted by atomic mass is 19.1. The van der Waals surface area contributed by atoms with E-state index in [9.17, 15) is 9.50 Å². The second-order valence-corrected chi connectivity index (χ2v) is 4.90. The molecule has 0 aliphatic carbocycles.